The Morgan fingerprint density at radius 2 is 1.90 bits per heavy atom. The van der Waals surface area contributed by atoms with Crippen molar-refractivity contribution < 1.29 is 9.67 Å². The number of hydrogen-bond acceptors (Lipinski definition) is 4. The Kier molecular flexibility index (Phi) is 7.13. The Bertz CT molecular complexity index is 870. The van der Waals surface area contributed by atoms with Crippen LogP contribution in [0.15, 0.2) is 42.7 Å². The maximum atomic E-state index is 9.72. The molecule has 1 aliphatic carbocycles. The minimum absolute atomic E-state index is 0.123. The lowest BCUT2D eigenvalue weighted by Gasteiger charge is -2.31. The maximum Gasteiger partial charge on any atom is 0.172 e. The summed E-state index contributed by atoms with van der Waals surface area (Å²) in [4.78, 5) is 2.38. The second kappa shape index (κ2) is 9.99. The second-order valence-corrected chi connectivity index (χ2v) is 10.00. The van der Waals surface area contributed by atoms with Gasteiger partial charge in [-0.3, -0.25) is 4.31 Å². The number of piperidine rings is 1. The fourth-order valence-electron chi connectivity index (χ4n) is 4.43. The number of hydrogen-bond donors (Lipinski definition) is 1. The maximum absolute atomic E-state index is 9.72. The first-order valence-corrected chi connectivity index (χ1v) is 12.1. The van der Waals surface area contributed by atoms with Gasteiger partial charge in [-0.15, -0.1) is 0 Å². The molecule has 5 heteroatoms. The Labute approximate surface area is 185 Å². The number of aromatic nitrogens is 1. The van der Waals surface area contributed by atoms with Gasteiger partial charge < -0.3 is 10.0 Å². The molecule has 0 saturated carbocycles. The van der Waals surface area contributed by atoms with Crippen molar-refractivity contribution in [3.05, 3.63) is 59.4 Å². The topological polar surface area (TPSA) is 30.6 Å². The lowest BCUT2D eigenvalue weighted by molar-refractivity contribution is -0.692. The molecule has 0 bridgehead atoms. The van der Waals surface area contributed by atoms with Gasteiger partial charge in [-0.1, -0.05) is 30.2 Å². The largest absolute Gasteiger partial charge is 0.393 e. The number of aryl methyl sites for hydroxylation is 2. The zero-order chi connectivity index (χ0) is 20.9. The average Bonchev–Trinajstić information content (AvgIpc) is 2.75. The van der Waals surface area contributed by atoms with Gasteiger partial charge >= 0.3 is 0 Å². The van der Waals surface area contributed by atoms with Gasteiger partial charge in [-0.05, 0) is 75.0 Å². The van der Waals surface area contributed by atoms with Crippen LogP contribution in [0.4, 0.5) is 5.69 Å². The van der Waals surface area contributed by atoms with E-state index in [0.29, 0.717) is 0 Å². The third kappa shape index (κ3) is 5.45. The van der Waals surface area contributed by atoms with Crippen molar-refractivity contribution in [2.45, 2.75) is 44.8 Å². The van der Waals surface area contributed by atoms with Crippen LogP contribution in [0.1, 0.15) is 42.4 Å². The van der Waals surface area contributed by atoms with E-state index in [2.05, 4.69) is 76.7 Å². The van der Waals surface area contributed by atoms with Crippen LogP contribution in [-0.2, 0) is 13.0 Å². The molecule has 0 spiro atoms. The molecule has 2 aromatic rings. The molecule has 1 aliphatic heterocycles. The van der Waals surface area contributed by atoms with Gasteiger partial charge in [0, 0.05) is 30.4 Å². The highest BCUT2D eigenvalue weighted by Crippen LogP contribution is 2.32. The van der Waals surface area contributed by atoms with E-state index in [9.17, 15) is 5.11 Å². The summed E-state index contributed by atoms with van der Waals surface area (Å²) in [6.07, 6.45) is 12.1. The van der Waals surface area contributed by atoms with Gasteiger partial charge in [0.05, 0.1) is 11.9 Å². The van der Waals surface area contributed by atoms with Gasteiger partial charge in [0.1, 0.15) is 0 Å². The van der Waals surface area contributed by atoms with Crippen molar-refractivity contribution in [1.82, 2.24) is 4.31 Å². The van der Waals surface area contributed by atoms with Crippen LogP contribution in [0, 0.1) is 0 Å². The van der Waals surface area contributed by atoms with E-state index < -0.39 is 0 Å². The number of aliphatic hydroxyl groups is 1. The monoisotopic (exact) mass is 424 g/mol. The highest BCUT2D eigenvalue weighted by atomic mass is 32.2. The summed E-state index contributed by atoms with van der Waals surface area (Å²) < 4.78 is 4.50. The van der Waals surface area contributed by atoms with Crippen LogP contribution in [0.25, 0.3) is 11.6 Å². The van der Waals surface area contributed by atoms with Gasteiger partial charge in [0.25, 0.3) is 0 Å². The number of fused-ring (bicyclic) bond motifs is 1. The van der Waals surface area contributed by atoms with Crippen molar-refractivity contribution in [2.24, 2.45) is 0 Å². The molecule has 0 unspecified atom stereocenters. The van der Waals surface area contributed by atoms with Crippen molar-refractivity contribution in [1.29, 1.82) is 0 Å². The van der Waals surface area contributed by atoms with E-state index in [0.717, 1.165) is 44.6 Å². The number of anilines is 1. The number of benzene rings is 1. The summed E-state index contributed by atoms with van der Waals surface area (Å²) in [5, 5.41) is 9.72. The van der Waals surface area contributed by atoms with Crippen LogP contribution >= 0.6 is 11.9 Å². The minimum Gasteiger partial charge on any atom is -0.393 e. The van der Waals surface area contributed by atoms with Crippen LogP contribution < -0.4 is 9.47 Å². The van der Waals surface area contributed by atoms with Crippen LogP contribution in [0.5, 0.6) is 0 Å². The molecule has 1 N–H and O–H groups in total. The van der Waals surface area contributed by atoms with E-state index in [1.54, 1.807) is 0 Å². The third-order valence-corrected chi connectivity index (χ3v) is 6.98. The molecular weight excluding hydrogens is 390 g/mol. The Hall–Kier alpha value is -1.82. The fourth-order valence-corrected chi connectivity index (χ4v) is 5.09. The highest BCUT2D eigenvalue weighted by Gasteiger charge is 2.19. The summed E-state index contributed by atoms with van der Waals surface area (Å²) in [6.45, 7) is 2.94. The molecule has 0 radical (unpaired) electrons. The summed E-state index contributed by atoms with van der Waals surface area (Å²) in [5.41, 5.74) is 6.91. The van der Waals surface area contributed by atoms with Crippen LogP contribution in [0.2, 0.25) is 0 Å². The van der Waals surface area contributed by atoms with E-state index in [-0.39, 0.29) is 6.10 Å². The lowest BCUT2D eigenvalue weighted by Crippen LogP contribution is -2.35. The quantitative estimate of drug-likeness (QED) is 0.560. The molecule has 1 aromatic carbocycles. The van der Waals surface area contributed by atoms with E-state index in [4.69, 9.17) is 0 Å². The molecule has 1 fully saturated rings. The zero-order valence-corrected chi connectivity index (χ0v) is 19.1. The predicted molar refractivity (Wildman–Crippen MR) is 127 cm³/mol. The Balaban J connectivity index is 1.46. The summed E-state index contributed by atoms with van der Waals surface area (Å²) in [5.74, 6) is 1.10. The number of aliphatic hydroxyl groups excluding tert-OH is 1. The lowest BCUT2D eigenvalue weighted by atomic mass is 9.87. The van der Waals surface area contributed by atoms with Crippen LogP contribution in [-0.4, -0.2) is 48.5 Å². The smallest absolute Gasteiger partial charge is 0.172 e. The highest BCUT2D eigenvalue weighted by molar-refractivity contribution is 7.96. The predicted octanol–water partition coefficient (Wildman–Crippen LogP) is 4.02. The fraction of sp³-hybridized carbons (Fsp3) is 0.480. The van der Waals surface area contributed by atoms with E-state index in [1.807, 2.05) is 11.9 Å². The molecule has 4 rings (SSSR count). The molecule has 0 atom stereocenters. The molecule has 1 aromatic heterocycles. The van der Waals surface area contributed by atoms with Crippen molar-refractivity contribution in [2.75, 3.05) is 37.8 Å². The molecule has 4 nitrogen and oxygen atoms in total. The van der Waals surface area contributed by atoms with Gasteiger partial charge in [0.2, 0.25) is 0 Å². The van der Waals surface area contributed by atoms with Gasteiger partial charge in [0.15, 0.2) is 18.9 Å². The molecule has 30 heavy (non-hydrogen) atoms. The number of nitrogens with zero attached hydrogens (tertiary/aromatic N) is 3. The van der Waals surface area contributed by atoms with Crippen molar-refractivity contribution >= 4 is 29.3 Å². The second-order valence-electron chi connectivity index (χ2n) is 8.60. The summed E-state index contributed by atoms with van der Waals surface area (Å²) in [7, 11) is 4.20. The number of allylic oxidation sites excluding steroid dienone is 1. The Morgan fingerprint density at radius 1 is 1.13 bits per heavy atom. The number of pyridine rings is 1. The van der Waals surface area contributed by atoms with Crippen LogP contribution in [0.3, 0.4) is 0 Å². The Morgan fingerprint density at radius 3 is 2.63 bits per heavy atom. The van der Waals surface area contributed by atoms with E-state index >= 15 is 0 Å². The third-order valence-electron chi connectivity index (χ3n) is 6.10. The standard InChI is InChI=1S/C25H34N3OS/c1-26(2)30-17-16-27-13-12-25-21(4-3-5-22(25)19-27)18-20-6-8-23(9-7-20)28-14-10-24(29)11-15-28/h6-9,12-13,18-19,24,29H,3-5,10-11,14-17H2,1-2H3/q+1. The summed E-state index contributed by atoms with van der Waals surface area (Å²) >= 11 is 1.86. The SMILES string of the molecule is CN(C)SCC[n+]1ccc2c(c1)CCC/C2=C\c1ccc(N2CCC(O)CC2)cc1. The van der Waals surface area contributed by atoms with Gasteiger partial charge in [-0.25, -0.2) is 4.57 Å². The average molecular weight is 425 g/mol. The molecule has 1 saturated heterocycles. The molecular formula is C25H34N3OS+. The molecule has 160 valence electrons. The first kappa shape index (κ1) is 21.4. The van der Waals surface area contributed by atoms with Gasteiger partial charge in [-0.2, -0.15) is 0 Å². The molecule has 0 amide bonds. The molecule has 2 heterocycles. The molecule has 2 aliphatic rings. The summed E-state index contributed by atoms with van der Waals surface area (Å²) in [6, 6.07) is 11.3. The normalized spacial score (nSPS) is 18.8. The van der Waals surface area contributed by atoms with Crippen molar-refractivity contribution in [3.63, 3.8) is 0 Å². The van der Waals surface area contributed by atoms with Crippen molar-refractivity contribution in [3.8, 4) is 0 Å². The first-order chi connectivity index (χ1) is 14.6. The zero-order valence-electron chi connectivity index (χ0n) is 18.3. The number of rotatable bonds is 6. The van der Waals surface area contributed by atoms with E-state index in [1.165, 1.54) is 40.8 Å². The first-order valence-electron chi connectivity index (χ1n) is 11.1. The minimum atomic E-state index is -0.123.